The van der Waals surface area contributed by atoms with E-state index < -0.39 is 0 Å². The Labute approximate surface area is 160 Å². The fourth-order valence-corrected chi connectivity index (χ4v) is 3.69. The monoisotopic (exact) mass is 384 g/mol. The molecule has 1 heterocycles. The van der Waals surface area contributed by atoms with Gasteiger partial charge in [-0.25, -0.2) is 4.98 Å². The standard InChI is InChI=1S/C18H24N4O.2ClH/c19-13-6-2-5-12(9-13)18(23)20-14-7-8-15-16(10-14)22-17(21-15)11-3-1-4-11;;/h7-8,10-13H,1-6,9,19H2,(H,20,23)(H,21,22);2*1H. The number of benzene rings is 1. The number of imidazole rings is 1. The molecule has 1 aromatic heterocycles. The molecule has 4 N–H and O–H groups in total. The van der Waals surface area contributed by atoms with Crippen LogP contribution in [0.15, 0.2) is 18.2 Å². The maximum atomic E-state index is 12.4. The van der Waals surface area contributed by atoms with Crippen molar-refractivity contribution in [2.45, 2.75) is 56.9 Å². The molecular weight excluding hydrogens is 359 g/mol. The van der Waals surface area contributed by atoms with Crippen LogP contribution >= 0.6 is 24.8 Å². The molecule has 7 heteroatoms. The summed E-state index contributed by atoms with van der Waals surface area (Å²) in [6.45, 7) is 0. The van der Waals surface area contributed by atoms with E-state index in [1.165, 1.54) is 19.3 Å². The predicted molar refractivity (Wildman–Crippen MR) is 106 cm³/mol. The highest BCUT2D eigenvalue weighted by Crippen LogP contribution is 2.35. The Morgan fingerprint density at radius 3 is 2.60 bits per heavy atom. The maximum absolute atomic E-state index is 12.4. The van der Waals surface area contributed by atoms with E-state index in [0.717, 1.165) is 48.2 Å². The van der Waals surface area contributed by atoms with Crippen LogP contribution in [-0.4, -0.2) is 21.9 Å². The molecule has 2 aliphatic rings. The van der Waals surface area contributed by atoms with Gasteiger partial charge in [0.2, 0.25) is 5.91 Å². The van der Waals surface area contributed by atoms with Gasteiger partial charge in [0.15, 0.2) is 0 Å². The van der Waals surface area contributed by atoms with Crippen molar-refractivity contribution in [2.24, 2.45) is 11.7 Å². The highest BCUT2D eigenvalue weighted by atomic mass is 35.5. The smallest absolute Gasteiger partial charge is 0.227 e. The first-order chi connectivity index (χ1) is 11.2. The predicted octanol–water partition coefficient (Wildman–Crippen LogP) is 4.13. The molecule has 25 heavy (non-hydrogen) atoms. The van der Waals surface area contributed by atoms with Gasteiger partial charge in [-0.05, 0) is 50.3 Å². The van der Waals surface area contributed by atoms with E-state index in [1.807, 2.05) is 18.2 Å². The van der Waals surface area contributed by atoms with Gasteiger partial charge in [-0.1, -0.05) is 12.8 Å². The normalized spacial score (nSPS) is 23.2. The van der Waals surface area contributed by atoms with Crippen LogP contribution in [0.2, 0.25) is 0 Å². The summed E-state index contributed by atoms with van der Waals surface area (Å²) in [6, 6.07) is 6.08. The lowest BCUT2D eigenvalue weighted by atomic mass is 9.85. The third-order valence-corrected chi connectivity index (χ3v) is 5.35. The molecule has 5 nitrogen and oxygen atoms in total. The van der Waals surface area contributed by atoms with Crippen LogP contribution in [0.1, 0.15) is 56.7 Å². The summed E-state index contributed by atoms with van der Waals surface area (Å²) in [6.07, 6.45) is 7.57. The number of H-pyrrole nitrogens is 1. The average molecular weight is 385 g/mol. The Hall–Kier alpha value is -1.30. The molecule has 0 spiro atoms. The molecule has 1 aromatic carbocycles. The van der Waals surface area contributed by atoms with Crippen LogP contribution in [-0.2, 0) is 4.79 Å². The van der Waals surface area contributed by atoms with E-state index in [-0.39, 0.29) is 42.7 Å². The molecule has 2 aromatic rings. The number of carbonyl (C=O) groups is 1. The van der Waals surface area contributed by atoms with Crippen LogP contribution in [0, 0.1) is 5.92 Å². The van der Waals surface area contributed by atoms with Crippen molar-refractivity contribution in [3.05, 3.63) is 24.0 Å². The number of amides is 1. The van der Waals surface area contributed by atoms with Gasteiger partial charge in [0.05, 0.1) is 11.0 Å². The molecule has 2 unspecified atom stereocenters. The molecular formula is C18H26Cl2N4O. The van der Waals surface area contributed by atoms with Gasteiger partial charge < -0.3 is 16.0 Å². The molecule has 138 valence electrons. The summed E-state index contributed by atoms with van der Waals surface area (Å²) in [7, 11) is 0. The number of aromatic nitrogens is 2. The van der Waals surface area contributed by atoms with Crippen molar-refractivity contribution >= 4 is 47.4 Å². The number of hydrogen-bond acceptors (Lipinski definition) is 3. The molecule has 2 aliphatic carbocycles. The van der Waals surface area contributed by atoms with Crippen molar-refractivity contribution < 1.29 is 4.79 Å². The van der Waals surface area contributed by atoms with Crippen molar-refractivity contribution in [3.63, 3.8) is 0 Å². The Morgan fingerprint density at radius 1 is 1.16 bits per heavy atom. The third-order valence-electron chi connectivity index (χ3n) is 5.35. The van der Waals surface area contributed by atoms with E-state index in [4.69, 9.17) is 5.73 Å². The topological polar surface area (TPSA) is 83.8 Å². The van der Waals surface area contributed by atoms with Gasteiger partial charge in [-0.3, -0.25) is 4.79 Å². The maximum Gasteiger partial charge on any atom is 0.227 e. The lowest BCUT2D eigenvalue weighted by Gasteiger charge is -2.25. The highest BCUT2D eigenvalue weighted by molar-refractivity contribution is 5.94. The van der Waals surface area contributed by atoms with E-state index >= 15 is 0 Å². The van der Waals surface area contributed by atoms with Crippen molar-refractivity contribution in [3.8, 4) is 0 Å². The van der Waals surface area contributed by atoms with Crippen molar-refractivity contribution in [1.82, 2.24) is 9.97 Å². The zero-order valence-corrected chi connectivity index (χ0v) is 15.8. The van der Waals surface area contributed by atoms with E-state index in [0.29, 0.717) is 5.92 Å². The summed E-state index contributed by atoms with van der Waals surface area (Å²) in [5.74, 6) is 1.82. The fourth-order valence-electron chi connectivity index (χ4n) is 3.69. The van der Waals surface area contributed by atoms with Crippen LogP contribution < -0.4 is 11.1 Å². The Bertz CT molecular complexity index is 729. The van der Waals surface area contributed by atoms with Gasteiger partial charge in [0.1, 0.15) is 5.82 Å². The van der Waals surface area contributed by atoms with E-state index in [9.17, 15) is 4.79 Å². The zero-order valence-electron chi connectivity index (χ0n) is 14.2. The minimum absolute atomic E-state index is 0. The summed E-state index contributed by atoms with van der Waals surface area (Å²) in [4.78, 5) is 20.5. The van der Waals surface area contributed by atoms with Gasteiger partial charge in [0.25, 0.3) is 0 Å². The lowest BCUT2D eigenvalue weighted by molar-refractivity contribution is -0.120. The molecule has 0 aliphatic heterocycles. The molecule has 0 saturated heterocycles. The third kappa shape index (κ3) is 4.27. The number of nitrogens with two attached hydrogens (primary N) is 1. The number of halogens is 2. The first-order valence-electron chi connectivity index (χ1n) is 8.75. The minimum atomic E-state index is 0. The van der Waals surface area contributed by atoms with Crippen LogP contribution in [0.4, 0.5) is 5.69 Å². The molecule has 2 atom stereocenters. The first kappa shape index (κ1) is 20.0. The molecule has 1 amide bonds. The molecule has 2 fully saturated rings. The fraction of sp³-hybridized carbons (Fsp3) is 0.556. The number of aromatic amines is 1. The number of carbonyl (C=O) groups excluding carboxylic acids is 1. The highest BCUT2D eigenvalue weighted by Gasteiger charge is 2.26. The van der Waals surface area contributed by atoms with Gasteiger partial charge in [-0.2, -0.15) is 0 Å². The minimum Gasteiger partial charge on any atom is -0.342 e. The average Bonchev–Trinajstić information content (AvgIpc) is 2.87. The Kier molecular flexibility index (Phi) is 6.72. The Balaban J connectivity index is 0.00000113. The second-order valence-electron chi connectivity index (χ2n) is 7.09. The second-order valence-corrected chi connectivity index (χ2v) is 7.09. The zero-order chi connectivity index (χ0) is 15.8. The summed E-state index contributed by atoms with van der Waals surface area (Å²) in [5.41, 5.74) is 8.81. The van der Waals surface area contributed by atoms with Crippen LogP contribution in [0.5, 0.6) is 0 Å². The molecule has 0 bridgehead atoms. The summed E-state index contributed by atoms with van der Waals surface area (Å²) < 4.78 is 0. The number of rotatable bonds is 3. The Morgan fingerprint density at radius 2 is 1.92 bits per heavy atom. The second kappa shape index (κ2) is 8.39. The van der Waals surface area contributed by atoms with Crippen molar-refractivity contribution in [1.29, 1.82) is 0 Å². The van der Waals surface area contributed by atoms with Gasteiger partial charge in [-0.15, -0.1) is 24.8 Å². The molecule has 2 saturated carbocycles. The lowest BCUT2D eigenvalue weighted by Crippen LogP contribution is -2.34. The van der Waals surface area contributed by atoms with Gasteiger partial charge >= 0.3 is 0 Å². The van der Waals surface area contributed by atoms with Gasteiger partial charge in [0, 0.05) is 23.6 Å². The number of hydrogen-bond donors (Lipinski definition) is 3. The number of fused-ring (bicyclic) bond motifs is 1. The first-order valence-corrected chi connectivity index (χ1v) is 8.75. The number of nitrogens with one attached hydrogen (secondary N) is 2. The molecule has 4 rings (SSSR count). The van der Waals surface area contributed by atoms with Crippen LogP contribution in [0.3, 0.4) is 0 Å². The quantitative estimate of drug-likeness (QED) is 0.743. The van der Waals surface area contributed by atoms with Crippen LogP contribution in [0.25, 0.3) is 11.0 Å². The summed E-state index contributed by atoms with van der Waals surface area (Å²) >= 11 is 0. The summed E-state index contributed by atoms with van der Waals surface area (Å²) in [5, 5.41) is 3.05. The van der Waals surface area contributed by atoms with E-state index in [1.54, 1.807) is 0 Å². The van der Waals surface area contributed by atoms with E-state index in [2.05, 4.69) is 15.3 Å². The number of nitrogens with zero attached hydrogens (tertiary/aromatic N) is 1. The SMILES string of the molecule is Cl.Cl.NC1CCCC(C(=O)Nc2ccc3nc(C4CCC4)[nH]c3c2)C1. The number of anilines is 1. The van der Waals surface area contributed by atoms with Crippen molar-refractivity contribution in [2.75, 3.05) is 5.32 Å². The largest absolute Gasteiger partial charge is 0.342 e. The molecule has 0 radical (unpaired) electrons.